The van der Waals surface area contributed by atoms with Gasteiger partial charge in [-0.3, -0.25) is 9.69 Å². The van der Waals surface area contributed by atoms with Crippen LogP contribution in [0.25, 0.3) is 11.1 Å². The van der Waals surface area contributed by atoms with Crippen LogP contribution >= 0.6 is 23.2 Å². The Balaban J connectivity index is 1.08. The zero-order chi connectivity index (χ0) is 35.1. The Hall–Kier alpha value is -3.39. The third-order valence-corrected chi connectivity index (χ3v) is 11.3. The summed E-state index contributed by atoms with van der Waals surface area (Å²) in [4.78, 5) is 31.1. The van der Waals surface area contributed by atoms with Crippen molar-refractivity contribution in [3.63, 3.8) is 0 Å². The minimum Gasteiger partial charge on any atom is -0.493 e. The van der Waals surface area contributed by atoms with E-state index < -0.39 is 49.2 Å². The number of likely N-dealkylation sites (tertiary alicyclic amines) is 1. The van der Waals surface area contributed by atoms with Crippen molar-refractivity contribution in [2.24, 2.45) is 5.92 Å². The molecule has 49 heavy (non-hydrogen) atoms. The summed E-state index contributed by atoms with van der Waals surface area (Å²) < 4.78 is 85.1. The second kappa shape index (κ2) is 14.1. The number of hydrogen-bond donors (Lipinski definition) is 0. The van der Waals surface area contributed by atoms with E-state index in [0.717, 1.165) is 61.3 Å². The molecule has 0 spiro atoms. The summed E-state index contributed by atoms with van der Waals surface area (Å²) in [7, 11) is -4.81. The average Bonchev–Trinajstić information content (AvgIpc) is 3.96. The Bertz CT molecular complexity index is 1820. The lowest BCUT2D eigenvalue weighted by molar-refractivity contribution is -0.217. The Labute approximate surface area is 290 Å². The summed E-state index contributed by atoms with van der Waals surface area (Å²) in [5.41, 5.74) is 2.71. The van der Waals surface area contributed by atoms with Crippen molar-refractivity contribution >= 4 is 45.1 Å². The molecule has 3 aromatic rings. The number of halogens is 6. The van der Waals surface area contributed by atoms with E-state index in [1.54, 1.807) is 6.07 Å². The van der Waals surface area contributed by atoms with Gasteiger partial charge in [0.05, 0.1) is 17.4 Å². The van der Waals surface area contributed by atoms with Gasteiger partial charge < -0.3 is 9.57 Å². The summed E-state index contributed by atoms with van der Waals surface area (Å²) in [6.45, 7) is 2.68. The van der Waals surface area contributed by atoms with Crippen molar-refractivity contribution < 1.29 is 45.1 Å². The first-order valence-corrected chi connectivity index (χ1v) is 18.1. The van der Waals surface area contributed by atoms with Gasteiger partial charge in [0.1, 0.15) is 11.6 Å². The summed E-state index contributed by atoms with van der Waals surface area (Å²) in [6, 6.07) is 15.7. The summed E-state index contributed by atoms with van der Waals surface area (Å²) in [6.07, 6.45) is -2.40. The SMILES string of the molecule is O=C(c1cc(C2CC2)c(OCC2CCN(Cc3ccc(-c4cc(Cl)cc(Cl)c4)cc3)CC2)cc1F)N(OC(=O)C(F)(F)F)S(=O)(=O)C1CC1. The second-order valence-corrected chi connectivity index (χ2v) is 15.6. The van der Waals surface area contributed by atoms with Crippen LogP contribution in [0.1, 0.15) is 65.9 Å². The van der Waals surface area contributed by atoms with Crippen LogP contribution in [0.4, 0.5) is 17.6 Å². The predicted molar refractivity (Wildman–Crippen MR) is 174 cm³/mol. The van der Waals surface area contributed by atoms with Crippen LogP contribution in [-0.2, 0) is 26.2 Å². The third-order valence-electron chi connectivity index (χ3n) is 8.82. The minimum atomic E-state index is -5.58. The molecule has 3 aromatic carbocycles. The first-order valence-electron chi connectivity index (χ1n) is 15.8. The molecule has 15 heteroatoms. The van der Waals surface area contributed by atoms with Crippen molar-refractivity contribution in [2.75, 3.05) is 19.7 Å². The number of hydrogen-bond acceptors (Lipinski definition) is 7. The minimum absolute atomic E-state index is 0.0607. The maximum atomic E-state index is 15.4. The zero-order valence-corrected chi connectivity index (χ0v) is 28.3. The number of piperidine rings is 1. The van der Waals surface area contributed by atoms with E-state index in [0.29, 0.717) is 28.5 Å². The van der Waals surface area contributed by atoms with E-state index in [-0.39, 0.29) is 37.0 Å². The predicted octanol–water partition coefficient (Wildman–Crippen LogP) is 7.92. The number of hydroxylamine groups is 1. The quantitative estimate of drug-likeness (QED) is 0.154. The fraction of sp³-hybridized carbons (Fsp3) is 0.412. The third kappa shape index (κ3) is 8.50. The van der Waals surface area contributed by atoms with Gasteiger partial charge in [-0.15, -0.1) is 0 Å². The standard InChI is InChI=1S/C34H32Cl2F4N2O6S/c35-25-13-24(14-26(36)15-25)22-3-1-20(2-4-22)18-41-11-9-21(10-12-41)19-47-31-17-30(37)29(16-28(31)23-5-6-23)32(43)42(48-33(44)34(38,39)40)49(45,46)27-7-8-27/h1-4,13-17,21,23,27H,5-12,18-19H2. The van der Waals surface area contributed by atoms with Crippen molar-refractivity contribution in [3.05, 3.63) is 87.2 Å². The van der Waals surface area contributed by atoms with Gasteiger partial charge in [0.25, 0.3) is 10.0 Å². The normalized spacial score (nSPS) is 17.5. The van der Waals surface area contributed by atoms with Crippen molar-refractivity contribution in [1.29, 1.82) is 0 Å². The number of amides is 1. The molecule has 1 aliphatic heterocycles. The average molecular weight is 744 g/mol. The number of ether oxygens (including phenoxy) is 1. The molecule has 1 heterocycles. The Morgan fingerprint density at radius 1 is 0.878 bits per heavy atom. The number of rotatable bonds is 10. The molecule has 0 radical (unpaired) electrons. The highest BCUT2D eigenvalue weighted by Gasteiger charge is 2.50. The molecule has 6 rings (SSSR count). The van der Waals surface area contributed by atoms with Gasteiger partial charge in [-0.2, -0.15) is 13.2 Å². The van der Waals surface area contributed by atoms with Crippen molar-refractivity contribution in [2.45, 2.75) is 62.4 Å². The number of carbonyl (C=O) groups excluding carboxylic acids is 2. The lowest BCUT2D eigenvalue weighted by Gasteiger charge is -2.32. The van der Waals surface area contributed by atoms with E-state index in [4.69, 9.17) is 27.9 Å². The molecule has 2 aliphatic carbocycles. The molecule has 0 atom stereocenters. The molecule has 1 saturated heterocycles. The van der Waals surface area contributed by atoms with Crippen LogP contribution in [0, 0.1) is 11.7 Å². The van der Waals surface area contributed by atoms with Crippen LogP contribution in [0.2, 0.25) is 10.0 Å². The van der Waals surface area contributed by atoms with E-state index in [1.165, 1.54) is 0 Å². The van der Waals surface area contributed by atoms with Gasteiger partial charge in [-0.25, -0.2) is 17.6 Å². The molecule has 0 N–H and O–H groups in total. The smallest absolute Gasteiger partial charge is 0.493 e. The van der Waals surface area contributed by atoms with Gasteiger partial charge in [0.2, 0.25) is 0 Å². The number of benzene rings is 3. The van der Waals surface area contributed by atoms with Gasteiger partial charge in [0, 0.05) is 22.7 Å². The molecular formula is C34H32Cl2F4N2O6S. The van der Waals surface area contributed by atoms with E-state index in [2.05, 4.69) is 21.9 Å². The maximum Gasteiger partial charge on any atom is 0.493 e. The molecule has 3 aliphatic rings. The van der Waals surface area contributed by atoms with Gasteiger partial charge >= 0.3 is 18.1 Å². The van der Waals surface area contributed by atoms with E-state index in [1.807, 2.05) is 24.3 Å². The first kappa shape index (κ1) is 35.4. The molecule has 0 bridgehead atoms. The molecule has 262 valence electrons. The number of sulfonamides is 1. The van der Waals surface area contributed by atoms with Gasteiger partial charge in [0.15, 0.2) is 0 Å². The highest BCUT2D eigenvalue weighted by molar-refractivity contribution is 7.90. The van der Waals surface area contributed by atoms with E-state index >= 15 is 4.39 Å². The van der Waals surface area contributed by atoms with E-state index in [9.17, 15) is 31.2 Å². The number of carbonyl (C=O) groups is 2. The molecule has 0 unspecified atom stereocenters. The molecular weight excluding hydrogens is 711 g/mol. The van der Waals surface area contributed by atoms with Gasteiger partial charge in [-0.05, 0) is 110 Å². The highest BCUT2D eigenvalue weighted by Crippen LogP contribution is 2.46. The van der Waals surface area contributed by atoms with Crippen LogP contribution in [0.3, 0.4) is 0 Å². The van der Waals surface area contributed by atoms with Crippen LogP contribution in [-0.4, -0.2) is 60.8 Å². The molecule has 2 saturated carbocycles. The van der Waals surface area contributed by atoms with Crippen molar-refractivity contribution in [1.82, 2.24) is 9.37 Å². The summed E-state index contributed by atoms with van der Waals surface area (Å²) in [5.74, 6) is -5.57. The summed E-state index contributed by atoms with van der Waals surface area (Å²) in [5, 5.41) is -0.0720. The van der Waals surface area contributed by atoms with Gasteiger partial charge in [-0.1, -0.05) is 51.9 Å². The zero-order valence-electron chi connectivity index (χ0n) is 26.0. The first-order chi connectivity index (χ1) is 23.2. The van der Waals surface area contributed by atoms with Crippen LogP contribution < -0.4 is 4.74 Å². The highest BCUT2D eigenvalue weighted by atomic mass is 35.5. The monoisotopic (exact) mass is 742 g/mol. The lowest BCUT2D eigenvalue weighted by Crippen LogP contribution is -2.44. The molecule has 1 amide bonds. The number of nitrogens with zero attached hydrogens (tertiary/aromatic N) is 2. The summed E-state index contributed by atoms with van der Waals surface area (Å²) >= 11 is 12.3. The molecule has 0 aromatic heterocycles. The Morgan fingerprint density at radius 3 is 2.08 bits per heavy atom. The van der Waals surface area contributed by atoms with Crippen LogP contribution in [0.15, 0.2) is 54.6 Å². The molecule has 3 fully saturated rings. The Kier molecular flexibility index (Phi) is 10.2. The number of alkyl halides is 3. The molecule has 8 nitrogen and oxygen atoms in total. The fourth-order valence-electron chi connectivity index (χ4n) is 5.81. The van der Waals surface area contributed by atoms with Crippen LogP contribution in [0.5, 0.6) is 5.75 Å². The Morgan fingerprint density at radius 2 is 1.51 bits per heavy atom. The fourth-order valence-corrected chi connectivity index (χ4v) is 7.84. The maximum absolute atomic E-state index is 15.4. The largest absolute Gasteiger partial charge is 0.493 e. The topological polar surface area (TPSA) is 93.2 Å². The lowest BCUT2D eigenvalue weighted by atomic mass is 9.97. The second-order valence-electron chi connectivity index (χ2n) is 12.7. The van der Waals surface area contributed by atoms with Crippen molar-refractivity contribution in [3.8, 4) is 16.9 Å².